The van der Waals surface area contributed by atoms with E-state index in [0.29, 0.717) is 27.1 Å². The van der Waals surface area contributed by atoms with Gasteiger partial charge in [-0.25, -0.2) is 9.97 Å². The monoisotopic (exact) mass is 455 g/mol. The Morgan fingerprint density at radius 2 is 1.72 bits per heavy atom. The lowest BCUT2D eigenvalue weighted by atomic mass is 10.1. The van der Waals surface area contributed by atoms with Crippen molar-refractivity contribution in [2.45, 2.75) is 40.2 Å². The summed E-state index contributed by atoms with van der Waals surface area (Å²) in [5.41, 5.74) is 1.25. The van der Waals surface area contributed by atoms with E-state index in [9.17, 15) is 19.8 Å². The molecule has 0 saturated heterocycles. The molecule has 0 aliphatic rings. The van der Waals surface area contributed by atoms with Gasteiger partial charge in [-0.1, -0.05) is 23.5 Å². The molecule has 2 amide bonds. The molecular formula is C22H25N5O4S. The summed E-state index contributed by atoms with van der Waals surface area (Å²) in [4.78, 5) is 33.7. The molecule has 32 heavy (non-hydrogen) atoms. The number of hydrogen-bond donors (Lipinski definition) is 5. The number of phenols is 1. The zero-order chi connectivity index (χ0) is 23.6. The van der Waals surface area contributed by atoms with Gasteiger partial charge in [0.05, 0.1) is 11.9 Å². The fourth-order valence-electron chi connectivity index (χ4n) is 2.74. The van der Waals surface area contributed by atoms with E-state index in [2.05, 4.69) is 25.9 Å². The van der Waals surface area contributed by atoms with Crippen LogP contribution >= 0.6 is 11.3 Å². The molecule has 0 atom stereocenters. The largest absolute Gasteiger partial charge is 0.508 e. The molecule has 2 heterocycles. The summed E-state index contributed by atoms with van der Waals surface area (Å²) < 4.78 is 0. The van der Waals surface area contributed by atoms with Crippen LogP contribution in [0.5, 0.6) is 5.75 Å². The fourth-order valence-corrected chi connectivity index (χ4v) is 3.45. The lowest BCUT2D eigenvalue weighted by molar-refractivity contribution is -0.130. The Balaban J connectivity index is 1.75. The van der Waals surface area contributed by atoms with Crippen molar-refractivity contribution >= 4 is 45.6 Å². The van der Waals surface area contributed by atoms with E-state index in [0.717, 1.165) is 22.5 Å². The van der Waals surface area contributed by atoms with Crippen molar-refractivity contribution in [3.05, 3.63) is 52.0 Å². The zero-order valence-electron chi connectivity index (χ0n) is 18.4. The molecule has 0 aliphatic carbocycles. The minimum Gasteiger partial charge on any atom is -0.508 e. The smallest absolute Gasteiger partial charge is 0.267 e. The number of rotatable bonds is 6. The Morgan fingerprint density at radius 1 is 1.03 bits per heavy atom. The zero-order valence-corrected chi connectivity index (χ0v) is 19.2. The second kappa shape index (κ2) is 8.93. The standard InChI is InChI=1S/C22H25N5O4S/c1-11-6-8-14(28)13(3)17(11)26-19(29)15-10-23-21(32-15)27-18-12(2)7-9-16(24-18)25-20(30)22(4,5)31/h6-10,28,31H,1-5H3,(H,26,29)(H2,23,24,25,27,30). The number of carbonyl (C=O) groups is 2. The van der Waals surface area contributed by atoms with Crippen molar-refractivity contribution in [2.24, 2.45) is 0 Å². The molecule has 0 bridgehead atoms. The Morgan fingerprint density at radius 3 is 2.41 bits per heavy atom. The number of benzene rings is 1. The van der Waals surface area contributed by atoms with Crippen molar-refractivity contribution in [3.8, 4) is 5.75 Å². The third-order valence-corrected chi connectivity index (χ3v) is 5.64. The second-order valence-electron chi connectivity index (χ2n) is 7.89. The topological polar surface area (TPSA) is 136 Å². The highest BCUT2D eigenvalue weighted by Crippen LogP contribution is 2.30. The quantitative estimate of drug-likeness (QED) is 0.380. The predicted molar refractivity (Wildman–Crippen MR) is 125 cm³/mol. The van der Waals surface area contributed by atoms with Gasteiger partial charge < -0.3 is 26.2 Å². The first-order chi connectivity index (χ1) is 15.0. The van der Waals surface area contributed by atoms with Gasteiger partial charge in [-0.3, -0.25) is 9.59 Å². The minimum absolute atomic E-state index is 0.107. The molecule has 0 radical (unpaired) electrons. The number of nitrogens with one attached hydrogen (secondary N) is 3. The molecule has 9 nitrogen and oxygen atoms in total. The molecule has 0 spiro atoms. The number of anilines is 4. The van der Waals surface area contributed by atoms with E-state index in [1.807, 2.05) is 13.8 Å². The number of aromatic nitrogens is 2. The molecule has 3 rings (SSSR count). The van der Waals surface area contributed by atoms with Crippen LogP contribution in [0.3, 0.4) is 0 Å². The van der Waals surface area contributed by atoms with Gasteiger partial charge in [-0.05, 0) is 57.9 Å². The van der Waals surface area contributed by atoms with Crippen LogP contribution in [0, 0.1) is 20.8 Å². The van der Waals surface area contributed by atoms with Gasteiger partial charge >= 0.3 is 0 Å². The molecule has 0 saturated carbocycles. The highest BCUT2D eigenvalue weighted by atomic mass is 32.1. The van der Waals surface area contributed by atoms with Crippen molar-refractivity contribution in [1.82, 2.24) is 9.97 Å². The molecule has 0 unspecified atom stereocenters. The lowest BCUT2D eigenvalue weighted by Crippen LogP contribution is -2.36. The number of carbonyl (C=O) groups excluding carboxylic acids is 2. The van der Waals surface area contributed by atoms with E-state index < -0.39 is 11.5 Å². The molecule has 10 heteroatoms. The first-order valence-corrected chi connectivity index (χ1v) is 10.6. The summed E-state index contributed by atoms with van der Waals surface area (Å²) in [5, 5.41) is 28.6. The summed E-state index contributed by atoms with van der Waals surface area (Å²) >= 11 is 1.14. The highest BCUT2D eigenvalue weighted by Gasteiger charge is 2.24. The summed E-state index contributed by atoms with van der Waals surface area (Å²) in [6.07, 6.45) is 1.45. The number of nitrogens with zero attached hydrogens (tertiary/aromatic N) is 2. The van der Waals surface area contributed by atoms with E-state index >= 15 is 0 Å². The lowest BCUT2D eigenvalue weighted by Gasteiger charge is -2.16. The van der Waals surface area contributed by atoms with Crippen LogP contribution in [0.1, 0.15) is 40.2 Å². The average molecular weight is 456 g/mol. The van der Waals surface area contributed by atoms with Crippen molar-refractivity contribution in [1.29, 1.82) is 0 Å². The summed E-state index contributed by atoms with van der Waals surface area (Å²) in [5.74, 6) is -0.0847. The Labute approximate surface area is 189 Å². The maximum absolute atomic E-state index is 12.7. The first kappa shape index (κ1) is 23.2. The number of amides is 2. The van der Waals surface area contributed by atoms with Crippen LogP contribution in [0.15, 0.2) is 30.5 Å². The Hall–Kier alpha value is -3.50. The maximum Gasteiger partial charge on any atom is 0.267 e. The van der Waals surface area contributed by atoms with Crippen LogP contribution in [0.4, 0.5) is 22.5 Å². The molecule has 0 aliphatic heterocycles. The molecule has 1 aromatic carbocycles. The van der Waals surface area contributed by atoms with Gasteiger partial charge in [-0.2, -0.15) is 0 Å². The van der Waals surface area contributed by atoms with E-state index in [4.69, 9.17) is 0 Å². The SMILES string of the molecule is Cc1ccc(NC(=O)C(C)(C)O)nc1Nc1ncc(C(=O)Nc2c(C)ccc(O)c2C)s1. The predicted octanol–water partition coefficient (Wildman–Crippen LogP) is 3.87. The maximum atomic E-state index is 12.7. The van der Waals surface area contributed by atoms with Crippen LogP contribution in [-0.4, -0.2) is 37.6 Å². The van der Waals surface area contributed by atoms with Gasteiger partial charge in [0, 0.05) is 5.56 Å². The molecule has 2 aromatic heterocycles. The fraction of sp³-hybridized carbons (Fsp3) is 0.273. The normalized spacial score (nSPS) is 11.2. The van der Waals surface area contributed by atoms with Crippen molar-refractivity contribution in [3.63, 3.8) is 0 Å². The number of phenolic OH excluding ortho intramolecular Hbond substituents is 1. The van der Waals surface area contributed by atoms with Gasteiger partial charge in [-0.15, -0.1) is 0 Å². The van der Waals surface area contributed by atoms with E-state index in [-0.39, 0.29) is 17.5 Å². The number of hydrogen-bond acceptors (Lipinski definition) is 8. The Bertz CT molecular complexity index is 1180. The minimum atomic E-state index is -1.54. The first-order valence-electron chi connectivity index (χ1n) is 9.80. The van der Waals surface area contributed by atoms with E-state index in [1.165, 1.54) is 20.0 Å². The van der Waals surface area contributed by atoms with Crippen LogP contribution < -0.4 is 16.0 Å². The van der Waals surface area contributed by atoms with Gasteiger partial charge in [0.2, 0.25) is 0 Å². The van der Waals surface area contributed by atoms with Crippen LogP contribution in [0.2, 0.25) is 0 Å². The number of aryl methyl sites for hydroxylation is 2. The molecule has 168 valence electrons. The Kier molecular flexibility index (Phi) is 6.47. The van der Waals surface area contributed by atoms with Crippen molar-refractivity contribution < 1.29 is 19.8 Å². The number of aliphatic hydroxyl groups is 1. The van der Waals surface area contributed by atoms with Crippen LogP contribution in [0.25, 0.3) is 0 Å². The number of pyridine rings is 1. The van der Waals surface area contributed by atoms with E-state index in [1.54, 1.807) is 31.2 Å². The van der Waals surface area contributed by atoms with Gasteiger partial charge in [0.1, 0.15) is 27.9 Å². The second-order valence-corrected chi connectivity index (χ2v) is 8.92. The summed E-state index contributed by atoms with van der Waals surface area (Å²) in [6.45, 7) is 8.19. The van der Waals surface area contributed by atoms with Gasteiger partial charge in [0.25, 0.3) is 11.8 Å². The number of thiazole rings is 1. The molecular weight excluding hydrogens is 430 g/mol. The summed E-state index contributed by atoms with van der Waals surface area (Å²) in [7, 11) is 0. The molecule has 3 aromatic rings. The third kappa shape index (κ3) is 5.21. The highest BCUT2D eigenvalue weighted by molar-refractivity contribution is 7.17. The molecule has 5 N–H and O–H groups in total. The van der Waals surface area contributed by atoms with Crippen LogP contribution in [-0.2, 0) is 4.79 Å². The third-order valence-electron chi connectivity index (χ3n) is 4.73. The molecule has 0 fully saturated rings. The average Bonchev–Trinajstić information content (AvgIpc) is 3.18. The number of aromatic hydroxyl groups is 1. The van der Waals surface area contributed by atoms with Gasteiger partial charge in [0.15, 0.2) is 5.13 Å². The summed E-state index contributed by atoms with van der Waals surface area (Å²) in [6, 6.07) is 6.72. The van der Waals surface area contributed by atoms with Crippen molar-refractivity contribution in [2.75, 3.05) is 16.0 Å².